The van der Waals surface area contributed by atoms with Crippen LogP contribution in [-0.4, -0.2) is 41.5 Å². The Morgan fingerprint density at radius 3 is 2.55 bits per heavy atom. The number of piperidine rings is 1. The van der Waals surface area contributed by atoms with Gasteiger partial charge in [-0.25, -0.2) is 0 Å². The lowest BCUT2D eigenvalue weighted by Crippen LogP contribution is -2.36. The van der Waals surface area contributed by atoms with Gasteiger partial charge in [-0.15, -0.1) is 0 Å². The monoisotopic (exact) mass is 439 g/mol. The zero-order valence-electron chi connectivity index (χ0n) is 18.0. The highest BCUT2D eigenvalue weighted by atomic mass is 32.1. The van der Waals surface area contributed by atoms with Crippen LogP contribution in [0.3, 0.4) is 0 Å². The third-order valence-corrected chi connectivity index (χ3v) is 5.15. The maximum absolute atomic E-state index is 12.7. The van der Waals surface area contributed by atoms with E-state index < -0.39 is 0 Å². The van der Waals surface area contributed by atoms with E-state index in [9.17, 15) is 9.59 Å². The van der Waals surface area contributed by atoms with E-state index in [1.165, 1.54) is 6.42 Å². The Morgan fingerprint density at radius 2 is 1.81 bits per heavy atom. The van der Waals surface area contributed by atoms with E-state index in [1.54, 1.807) is 36.4 Å². The van der Waals surface area contributed by atoms with E-state index >= 15 is 0 Å². The third kappa shape index (κ3) is 6.52. The molecule has 0 bridgehead atoms. The van der Waals surface area contributed by atoms with Crippen LogP contribution in [0.4, 0.5) is 5.69 Å². The van der Waals surface area contributed by atoms with Crippen LogP contribution in [0.25, 0.3) is 0 Å². The first kappa shape index (κ1) is 22.7. The summed E-state index contributed by atoms with van der Waals surface area (Å²) in [6.45, 7) is 6.20. The highest BCUT2D eigenvalue weighted by molar-refractivity contribution is 7.80. The minimum Gasteiger partial charge on any atom is -0.492 e. The molecule has 2 aromatic carbocycles. The van der Waals surface area contributed by atoms with Crippen molar-refractivity contribution in [3.63, 3.8) is 0 Å². The molecule has 164 valence electrons. The number of amides is 2. The van der Waals surface area contributed by atoms with Gasteiger partial charge in [0.05, 0.1) is 12.2 Å². The molecule has 7 heteroatoms. The van der Waals surface area contributed by atoms with Crippen LogP contribution in [0.2, 0.25) is 0 Å². The molecule has 0 aromatic heterocycles. The number of likely N-dealkylation sites (tertiary alicyclic amines) is 1. The van der Waals surface area contributed by atoms with Gasteiger partial charge >= 0.3 is 0 Å². The predicted octanol–water partition coefficient (Wildman–Crippen LogP) is 4.47. The maximum Gasteiger partial charge on any atom is 0.261 e. The van der Waals surface area contributed by atoms with E-state index in [1.807, 2.05) is 30.9 Å². The molecule has 1 fully saturated rings. The summed E-state index contributed by atoms with van der Waals surface area (Å²) in [6.07, 6.45) is 3.26. The quantitative estimate of drug-likeness (QED) is 0.650. The van der Waals surface area contributed by atoms with Gasteiger partial charge in [-0.2, -0.15) is 0 Å². The van der Waals surface area contributed by atoms with Crippen molar-refractivity contribution in [1.82, 2.24) is 10.2 Å². The Hall–Kier alpha value is -2.93. The number of carbonyl (C=O) groups is 2. The molecule has 1 saturated heterocycles. The molecule has 2 N–H and O–H groups in total. The Balaban J connectivity index is 1.62. The van der Waals surface area contributed by atoms with Crippen LogP contribution in [0.15, 0.2) is 48.5 Å². The molecule has 0 aliphatic carbocycles. The largest absolute Gasteiger partial charge is 0.492 e. The summed E-state index contributed by atoms with van der Waals surface area (Å²) < 4.78 is 5.75. The molecule has 1 aliphatic heterocycles. The molecule has 2 aromatic rings. The first-order valence-corrected chi connectivity index (χ1v) is 11.1. The number of hydrogen-bond donors (Lipinski definition) is 2. The van der Waals surface area contributed by atoms with Crippen molar-refractivity contribution < 1.29 is 14.3 Å². The fourth-order valence-electron chi connectivity index (χ4n) is 3.38. The summed E-state index contributed by atoms with van der Waals surface area (Å²) in [5.41, 5.74) is 1.67. The van der Waals surface area contributed by atoms with Crippen molar-refractivity contribution in [3.05, 3.63) is 59.7 Å². The standard InChI is InChI=1S/C24H29N3O3S/c1-17(2)16-30-21-12-5-4-11-20(21)22(28)26-24(31)25-19-10-8-9-18(15-19)23(29)27-13-6-3-7-14-27/h4-5,8-12,15,17H,3,6-7,13-14,16H2,1-2H3,(H2,25,26,28,31). The van der Waals surface area contributed by atoms with Crippen molar-refractivity contribution in [2.45, 2.75) is 33.1 Å². The number of benzene rings is 2. The van der Waals surface area contributed by atoms with Crippen LogP contribution < -0.4 is 15.4 Å². The Bertz CT molecular complexity index is 939. The van der Waals surface area contributed by atoms with Crippen molar-refractivity contribution >= 4 is 34.8 Å². The molecular formula is C24H29N3O3S. The minimum atomic E-state index is -0.350. The molecule has 2 amide bonds. The van der Waals surface area contributed by atoms with Gasteiger partial charge in [-0.1, -0.05) is 32.0 Å². The van der Waals surface area contributed by atoms with Gasteiger partial charge in [0.2, 0.25) is 0 Å². The number of hydrogen-bond acceptors (Lipinski definition) is 4. The second kappa shape index (κ2) is 10.9. The van der Waals surface area contributed by atoms with Crippen molar-refractivity contribution in [3.8, 4) is 5.75 Å². The third-order valence-electron chi connectivity index (χ3n) is 4.94. The van der Waals surface area contributed by atoms with Crippen LogP contribution >= 0.6 is 12.2 Å². The topological polar surface area (TPSA) is 70.7 Å². The van der Waals surface area contributed by atoms with Gasteiger partial charge < -0.3 is 15.0 Å². The van der Waals surface area contributed by atoms with Crippen molar-refractivity contribution in [1.29, 1.82) is 0 Å². The van der Waals surface area contributed by atoms with Crippen LogP contribution in [-0.2, 0) is 0 Å². The average molecular weight is 440 g/mol. The number of nitrogens with zero attached hydrogens (tertiary/aromatic N) is 1. The second-order valence-electron chi connectivity index (χ2n) is 8.04. The summed E-state index contributed by atoms with van der Waals surface area (Å²) in [4.78, 5) is 27.3. The number of ether oxygens (including phenoxy) is 1. The van der Waals surface area contributed by atoms with Crippen LogP contribution in [0.5, 0.6) is 5.75 Å². The smallest absolute Gasteiger partial charge is 0.261 e. The number of nitrogens with one attached hydrogen (secondary N) is 2. The number of anilines is 1. The molecule has 0 spiro atoms. The van der Waals surface area contributed by atoms with Gasteiger partial charge in [0.1, 0.15) is 5.75 Å². The molecule has 1 heterocycles. The Morgan fingerprint density at radius 1 is 1.06 bits per heavy atom. The Kier molecular flexibility index (Phi) is 8.00. The fourth-order valence-corrected chi connectivity index (χ4v) is 3.59. The van der Waals surface area contributed by atoms with E-state index in [0.29, 0.717) is 35.1 Å². The molecule has 1 aliphatic rings. The first-order chi connectivity index (χ1) is 14.9. The summed E-state index contributed by atoms with van der Waals surface area (Å²) in [5, 5.41) is 5.85. The lowest BCUT2D eigenvalue weighted by atomic mass is 10.1. The zero-order valence-corrected chi connectivity index (χ0v) is 18.8. The normalized spacial score (nSPS) is 13.6. The number of para-hydroxylation sites is 1. The molecular weight excluding hydrogens is 410 g/mol. The SMILES string of the molecule is CC(C)COc1ccccc1C(=O)NC(=S)Nc1cccc(C(=O)N2CCCCC2)c1. The zero-order chi connectivity index (χ0) is 22.2. The first-order valence-electron chi connectivity index (χ1n) is 10.7. The van der Waals surface area contributed by atoms with E-state index in [-0.39, 0.29) is 16.9 Å². The molecule has 31 heavy (non-hydrogen) atoms. The average Bonchev–Trinajstić information content (AvgIpc) is 2.78. The van der Waals surface area contributed by atoms with Crippen molar-refractivity contribution in [2.24, 2.45) is 5.92 Å². The lowest BCUT2D eigenvalue weighted by molar-refractivity contribution is 0.0724. The van der Waals surface area contributed by atoms with E-state index in [2.05, 4.69) is 10.6 Å². The summed E-state index contributed by atoms with van der Waals surface area (Å²) in [6, 6.07) is 14.2. The number of carbonyl (C=O) groups excluding carboxylic acids is 2. The van der Waals surface area contributed by atoms with Crippen LogP contribution in [0.1, 0.15) is 53.8 Å². The van der Waals surface area contributed by atoms with Gasteiger partial charge in [-0.05, 0) is 67.7 Å². The fraction of sp³-hybridized carbons (Fsp3) is 0.375. The summed E-state index contributed by atoms with van der Waals surface area (Å²) in [5.74, 6) is 0.538. The molecule has 0 atom stereocenters. The minimum absolute atomic E-state index is 0.0227. The molecule has 0 saturated carbocycles. The van der Waals surface area contributed by atoms with E-state index in [0.717, 1.165) is 25.9 Å². The number of thiocarbonyl (C=S) groups is 1. The van der Waals surface area contributed by atoms with Gasteiger partial charge in [0, 0.05) is 24.3 Å². The second-order valence-corrected chi connectivity index (χ2v) is 8.45. The van der Waals surface area contributed by atoms with Gasteiger partial charge in [0.15, 0.2) is 5.11 Å². The van der Waals surface area contributed by atoms with Crippen molar-refractivity contribution in [2.75, 3.05) is 25.0 Å². The van der Waals surface area contributed by atoms with Gasteiger partial charge in [0.25, 0.3) is 11.8 Å². The van der Waals surface area contributed by atoms with Crippen LogP contribution in [0, 0.1) is 5.92 Å². The molecule has 3 rings (SSSR count). The molecule has 0 radical (unpaired) electrons. The highest BCUT2D eigenvalue weighted by Crippen LogP contribution is 2.19. The Labute approximate surface area is 189 Å². The lowest BCUT2D eigenvalue weighted by Gasteiger charge is -2.26. The summed E-state index contributed by atoms with van der Waals surface area (Å²) in [7, 11) is 0. The number of rotatable bonds is 6. The summed E-state index contributed by atoms with van der Waals surface area (Å²) >= 11 is 5.32. The highest BCUT2D eigenvalue weighted by Gasteiger charge is 2.19. The maximum atomic E-state index is 12.7. The molecule has 0 unspecified atom stereocenters. The van der Waals surface area contributed by atoms with Gasteiger partial charge in [-0.3, -0.25) is 14.9 Å². The van der Waals surface area contributed by atoms with E-state index in [4.69, 9.17) is 17.0 Å². The predicted molar refractivity (Wildman–Crippen MR) is 127 cm³/mol. The molecule has 6 nitrogen and oxygen atoms in total.